The molecule has 0 unspecified atom stereocenters. The quantitative estimate of drug-likeness (QED) is 0.671. The number of carbonyl (C=O) groups is 2. The molecule has 2 amide bonds. The van der Waals surface area contributed by atoms with Crippen LogP contribution in [-0.2, 0) is 4.79 Å². The van der Waals surface area contributed by atoms with E-state index in [1.54, 1.807) is 0 Å². The molecule has 1 aliphatic rings. The van der Waals surface area contributed by atoms with Crippen molar-refractivity contribution in [3.05, 3.63) is 23.8 Å². The number of carbonyl (C=O) groups excluding carboxylic acids is 1. The van der Waals surface area contributed by atoms with Crippen molar-refractivity contribution in [3.8, 4) is 5.75 Å². The summed E-state index contributed by atoms with van der Waals surface area (Å²) in [5, 5.41) is 14.7. The van der Waals surface area contributed by atoms with Gasteiger partial charge in [0, 0.05) is 23.8 Å². The van der Waals surface area contributed by atoms with Crippen molar-refractivity contribution in [1.29, 1.82) is 0 Å². The average Bonchev–Trinajstić information content (AvgIpc) is 2.52. The Bertz CT molecular complexity index is 614. The summed E-state index contributed by atoms with van der Waals surface area (Å²) in [4.78, 5) is 24.9. The van der Waals surface area contributed by atoms with Crippen molar-refractivity contribution >= 4 is 17.7 Å². The van der Waals surface area contributed by atoms with Crippen LogP contribution in [0.3, 0.4) is 0 Å². The second-order valence-electron chi connectivity index (χ2n) is 6.29. The van der Waals surface area contributed by atoms with E-state index in [1.165, 1.54) is 0 Å². The molecule has 25 heavy (non-hydrogen) atoms. The Morgan fingerprint density at radius 2 is 2.04 bits per heavy atom. The molecule has 0 bridgehead atoms. The molecule has 1 aromatic rings. The summed E-state index contributed by atoms with van der Waals surface area (Å²) < 4.78 is 5.53. The molecule has 138 valence electrons. The minimum absolute atomic E-state index is 0.0453. The fraction of sp³-hybridized carbons (Fsp3) is 0.556. The maximum absolute atomic E-state index is 12.1. The van der Waals surface area contributed by atoms with Gasteiger partial charge >= 0.3 is 12.0 Å². The molecular weight excluding hydrogens is 322 g/mol. The molecule has 0 spiro atoms. The largest absolute Gasteiger partial charge is 0.494 e. The predicted octanol–water partition coefficient (Wildman–Crippen LogP) is 2.45. The van der Waals surface area contributed by atoms with Gasteiger partial charge < -0.3 is 20.5 Å². The topological polar surface area (TPSA) is 90.9 Å². The first-order valence-corrected chi connectivity index (χ1v) is 8.69. The summed E-state index contributed by atoms with van der Waals surface area (Å²) >= 11 is 0. The van der Waals surface area contributed by atoms with E-state index in [-0.39, 0.29) is 24.7 Å². The van der Waals surface area contributed by atoms with Crippen LogP contribution in [0.2, 0.25) is 0 Å². The normalized spacial score (nSPS) is 19.2. The Hall–Kier alpha value is -2.28. The number of carboxylic acids is 1. The lowest BCUT2D eigenvalue weighted by atomic mass is 9.85. The summed E-state index contributed by atoms with van der Waals surface area (Å²) in [7, 11) is 0. The van der Waals surface area contributed by atoms with Crippen molar-refractivity contribution < 1.29 is 19.4 Å². The Balaban J connectivity index is 1.80. The van der Waals surface area contributed by atoms with Crippen LogP contribution in [0, 0.1) is 6.92 Å². The number of likely N-dealkylation sites (N-methyl/N-ethyl adjacent to an activating group) is 1. The molecule has 1 aliphatic carbocycles. The van der Waals surface area contributed by atoms with E-state index < -0.39 is 5.97 Å². The molecule has 3 N–H and O–H groups in total. The predicted molar refractivity (Wildman–Crippen MR) is 96.2 cm³/mol. The van der Waals surface area contributed by atoms with E-state index >= 15 is 0 Å². The maximum Gasteiger partial charge on any atom is 0.319 e. The molecule has 1 aromatic carbocycles. The molecule has 0 aliphatic heterocycles. The fourth-order valence-electron chi connectivity index (χ4n) is 3.02. The van der Waals surface area contributed by atoms with Gasteiger partial charge in [0.2, 0.25) is 0 Å². The number of urea groups is 1. The van der Waals surface area contributed by atoms with Gasteiger partial charge in [0.1, 0.15) is 5.75 Å². The summed E-state index contributed by atoms with van der Waals surface area (Å²) in [6.07, 6.45) is 1.54. The van der Waals surface area contributed by atoms with E-state index in [9.17, 15) is 9.59 Å². The lowest BCUT2D eigenvalue weighted by molar-refractivity contribution is -0.139. The SMILES string of the molecule is CCOc1cc(NC(=O)NC2CC(N(CC)CC(=O)O)C2)ccc1C. The van der Waals surface area contributed by atoms with Crippen LogP contribution in [0.25, 0.3) is 0 Å². The van der Waals surface area contributed by atoms with Crippen LogP contribution in [0.5, 0.6) is 5.75 Å². The Morgan fingerprint density at radius 3 is 2.64 bits per heavy atom. The van der Waals surface area contributed by atoms with Crippen LogP contribution in [-0.4, -0.2) is 53.8 Å². The fourth-order valence-corrected chi connectivity index (χ4v) is 3.02. The zero-order chi connectivity index (χ0) is 18.4. The van der Waals surface area contributed by atoms with Crippen molar-refractivity contribution in [1.82, 2.24) is 10.2 Å². The average molecular weight is 349 g/mol. The standard InChI is InChI=1S/C18H27N3O4/c1-4-21(11-17(22)23)15-8-14(9-15)20-18(24)19-13-7-6-12(3)16(10-13)25-5-2/h6-7,10,14-15H,4-5,8-9,11H2,1-3H3,(H,22,23)(H2,19,20,24). The molecule has 0 aromatic heterocycles. The smallest absolute Gasteiger partial charge is 0.319 e. The molecular formula is C18H27N3O4. The number of hydrogen-bond acceptors (Lipinski definition) is 4. The zero-order valence-corrected chi connectivity index (χ0v) is 15.0. The first-order valence-electron chi connectivity index (χ1n) is 8.69. The number of carboxylic acid groups (broad SMARTS) is 1. The molecule has 7 heteroatoms. The number of nitrogens with one attached hydrogen (secondary N) is 2. The van der Waals surface area contributed by atoms with Crippen LogP contribution in [0.1, 0.15) is 32.3 Å². The van der Waals surface area contributed by atoms with Gasteiger partial charge in [-0.3, -0.25) is 9.69 Å². The van der Waals surface area contributed by atoms with Crippen molar-refractivity contribution in [3.63, 3.8) is 0 Å². The molecule has 7 nitrogen and oxygen atoms in total. The number of benzene rings is 1. The van der Waals surface area contributed by atoms with E-state index in [0.717, 1.165) is 24.2 Å². The molecule has 0 saturated heterocycles. The van der Waals surface area contributed by atoms with Gasteiger partial charge in [-0.25, -0.2) is 4.79 Å². The number of anilines is 1. The first-order chi connectivity index (χ1) is 11.9. The van der Waals surface area contributed by atoms with Crippen molar-refractivity contribution in [2.24, 2.45) is 0 Å². The van der Waals surface area contributed by atoms with E-state index in [2.05, 4.69) is 10.6 Å². The van der Waals surface area contributed by atoms with Crippen LogP contribution >= 0.6 is 0 Å². The van der Waals surface area contributed by atoms with Gasteiger partial charge in [-0.15, -0.1) is 0 Å². The number of amides is 2. The van der Waals surface area contributed by atoms with Gasteiger partial charge in [0.15, 0.2) is 0 Å². The minimum atomic E-state index is -0.819. The third-order valence-electron chi connectivity index (χ3n) is 4.46. The number of rotatable bonds is 8. The van der Waals surface area contributed by atoms with E-state index in [1.807, 2.05) is 43.9 Å². The number of hydrogen-bond donors (Lipinski definition) is 3. The molecule has 1 saturated carbocycles. The van der Waals surface area contributed by atoms with Gasteiger partial charge in [-0.1, -0.05) is 13.0 Å². The second-order valence-corrected chi connectivity index (χ2v) is 6.29. The highest BCUT2D eigenvalue weighted by molar-refractivity contribution is 5.89. The third-order valence-corrected chi connectivity index (χ3v) is 4.46. The number of aryl methyl sites for hydroxylation is 1. The molecule has 1 fully saturated rings. The Kier molecular flexibility index (Phi) is 6.64. The Labute approximate surface area is 148 Å². The van der Waals surface area contributed by atoms with Crippen LogP contribution in [0.4, 0.5) is 10.5 Å². The lowest BCUT2D eigenvalue weighted by Crippen LogP contribution is -2.55. The maximum atomic E-state index is 12.1. The van der Waals surface area contributed by atoms with Gasteiger partial charge in [0.25, 0.3) is 0 Å². The summed E-state index contributed by atoms with van der Waals surface area (Å²) in [6, 6.07) is 5.60. The van der Waals surface area contributed by atoms with Gasteiger partial charge in [-0.05, 0) is 44.9 Å². The van der Waals surface area contributed by atoms with E-state index in [4.69, 9.17) is 9.84 Å². The minimum Gasteiger partial charge on any atom is -0.494 e. The molecule has 2 rings (SSSR count). The zero-order valence-electron chi connectivity index (χ0n) is 15.0. The van der Waals surface area contributed by atoms with Crippen LogP contribution < -0.4 is 15.4 Å². The number of ether oxygens (including phenoxy) is 1. The first kappa shape index (κ1) is 19.1. The molecule has 0 radical (unpaired) electrons. The summed E-state index contributed by atoms with van der Waals surface area (Å²) in [5.41, 5.74) is 1.70. The van der Waals surface area contributed by atoms with E-state index in [0.29, 0.717) is 18.8 Å². The van der Waals surface area contributed by atoms with Gasteiger partial charge in [0.05, 0.1) is 13.2 Å². The van der Waals surface area contributed by atoms with Crippen molar-refractivity contribution in [2.45, 2.75) is 45.7 Å². The number of aliphatic carboxylic acids is 1. The molecule has 0 atom stereocenters. The molecule has 0 heterocycles. The summed E-state index contributed by atoms with van der Waals surface area (Å²) in [6.45, 7) is 7.14. The highest BCUT2D eigenvalue weighted by Gasteiger charge is 2.34. The van der Waals surface area contributed by atoms with Crippen LogP contribution in [0.15, 0.2) is 18.2 Å². The highest BCUT2D eigenvalue weighted by atomic mass is 16.5. The monoisotopic (exact) mass is 349 g/mol. The van der Waals surface area contributed by atoms with Gasteiger partial charge in [-0.2, -0.15) is 0 Å². The Morgan fingerprint density at radius 1 is 1.32 bits per heavy atom. The van der Waals surface area contributed by atoms with Crippen molar-refractivity contribution in [2.75, 3.05) is 25.0 Å². The lowest BCUT2D eigenvalue weighted by Gasteiger charge is -2.42. The second kappa shape index (κ2) is 8.71. The summed E-state index contributed by atoms with van der Waals surface area (Å²) in [5.74, 6) is -0.0586. The third kappa shape index (κ3) is 5.35. The highest BCUT2D eigenvalue weighted by Crippen LogP contribution is 2.26. The number of nitrogens with zero attached hydrogens (tertiary/aromatic N) is 1.